The van der Waals surface area contributed by atoms with Crippen LogP contribution in [0.1, 0.15) is 52.3 Å². The molecule has 1 aromatic heterocycles. The third-order valence-corrected chi connectivity index (χ3v) is 10.7. The molecule has 1 fully saturated rings. The molecular weight excluding hydrogens is 689 g/mol. The molecule has 0 aliphatic carbocycles. The van der Waals surface area contributed by atoms with E-state index in [1.54, 1.807) is 30.5 Å². The van der Waals surface area contributed by atoms with Crippen molar-refractivity contribution >= 4 is 21.6 Å². The Morgan fingerprint density at radius 1 is 0.887 bits per heavy atom. The van der Waals surface area contributed by atoms with Crippen LogP contribution in [0.5, 0.6) is 0 Å². The molecule has 1 unspecified atom stereocenters. The SMILES string of the molecule is Cc1ccc(S(=O)(=O)N[C@H](Cc2ccccc2)C(=O)Nc2cccc(C3O[C@H](CN(C)CCc4ccccn4)C[C@H](c4ccc(CO)cc4)O3)c2)cc1. The maximum atomic E-state index is 13.9. The van der Waals surface area contributed by atoms with Crippen LogP contribution in [-0.4, -0.2) is 61.6 Å². The van der Waals surface area contributed by atoms with Crippen molar-refractivity contribution in [3.05, 3.63) is 161 Å². The standard InChI is InChI=1S/C42H46N4O6S/c1-30-14-20-38(21-15-30)53(49,50)45-39(25-31-9-4-3-5-10-31)41(48)44-36-13-8-11-34(26-36)42-51-37(28-46(2)24-22-35-12-6-7-23-43-35)27-40(52-42)33-18-16-32(29-47)17-19-33/h3-21,23,26,37,39-40,42,45,47H,22,24-25,27-29H2,1-2H3,(H,44,48)/t37-,39+,40+,42?/m0/s1. The molecule has 0 saturated carbocycles. The summed E-state index contributed by atoms with van der Waals surface area (Å²) in [5.41, 5.74) is 5.75. The fourth-order valence-corrected chi connectivity index (χ4v) is 7.52. The summed E-state index contributed by atoms with van der Waals surface area (Å²) in [4.78, 5) is 20.6. The first-order valence-corrected chi connectivity index (χ1v) is 19.3. The summed E-state index contributed by atoms with van der Waals surface area (Å²) >= 11 is 0. The molecular formula is C42H46N4O6S. The molecule has 1 aliphatic heterocycles. The average molecular weight is 735 g/mol. The number of benzene rings is 4. The van der Waals surface area contributed by atoms with Gasteiger partial charge in [-0.15, -0.1) is 0 Å². The molecule has 6 rings (SSSR count). The number of amides is 1. The highest BCUT2D eigenvalue weighted by Gasteiger charge is 2.33. The van der Waals surface area contributed by atoms with Gasteiger partial charge in [0.25, 0.3) is 0 Å². The molecule has 0 bridgehead atoms. The highest BCUT2D eigenvalue weighted by molar-refractivity contribution is 7.89. The number of aliphatic hydroxyl groups excluding tert-OH is 1. The number of aliphatic hydroxyl groups is 1. The molecule has 0 spiro atoms. The summed E-state index contributed by atoms with van der Waals surface area (Å²) in [6.07, 6.45) is 2.20. The highest BCUT2D eigenvalue weighted by Crippen LogP contribution is 2.38. The van der Waals surface area contributed by atoms with Gasteiger partial charge in [0.1, 0.15) is 6.04 Å². The van der Waals surface area contributed by atoms with E-state index in [4.69, 9.17) is 9.47 Å². The van der Waals surface area contributed by atoms with E-state index in [0.717, 1.165) is 40.9 Å². The average Bonchev–Trinajstić information content (AvgIpc) is 3.18. The topological polar surface area (TPSA) is 130 Å². The van der Waals surface area contributed by atoms with E-state index < -0.39 is 28.3 Å². The molecule has 3 N–H and O–H groups in total. The second-order valence-electron chi connectivity index (χ2n) is 13.5. The monoisotopic (exact) mass is 734 g/mol. The summed E-state index contributed by atoms with van der Waals surface area (Å²) in [6.45, 7) is 3.31. The van der Waals surface area contributed by atoms with Gasteiger partial charge in [-0.1, -0.05) is 90.5 Å². The summed E-state index contributed by atoms with van der Waals surface area (Å²) in [7, 11) is -1.94. The van der Waals surface area contributed by atoms with Gasteiger partial charge in [-0.2, -0.15) is 4.72 Å². The fraction of sp³-hybridized carbons (Fsp3) is 0.286. The minimum atomic E-state index is -4.00. The van der Waals surface area contributed by atoms with Crippen molar-refractivity contribution < 1.29 is 27.8 Å². The number of hydrogen-bond acceptors (Lipinski definition) is 8. The molecule has 0 radical (unpaired) electrons. The maximum absolute atomic E-state index is 13.9. The van der Waals surface area contributed by atoms with Gasteiger partial charge in [-0.3, -0.25) is 9.78 Å². The van der Waals surface area contributed by atoms with Crippen LogP contribution in [0.25, 0.3) is 0 Å². The molecule has 1 saturated heterocycles. The second kappa shape index (κ2) is 17.8. The van der Waals surface area contributed by atoms with E-state index in [1.165, 1.54) is 12.1 Å². The molecule has 1 aliphatic rings. The molecule has 53 heavy (non-hydrogen) atoms. The fourth-order valence-electron chi connectivity index (χ4n) is 6.33. The zero-order valence-corrected chi connectivity index (χ0v) is 30.8. The number of nitrogens with one attached hydrogen (secondary N) is 2. The summed E-state index contributed by atoms with van der Waals surface area (Å²) in [6, 6.07) is 35.6. The number of sulfonamides is 1. The Balaban J connectivity index is 1.20. The largest absolute Gasteiger partial charge is 0.392 e. The van der Waals surface area contributed by atoms with Crippen molar-refractivity contribution in [3.63, 3.8) is 0 Å². The minimum Gasteiger partial charge on any atom is -0.392 e. The lowest BCUT2D eigenvalue weighted by Crippen LogP contribution is -2.45. The van der Waals surface area contributed by atoms with Gasteiger partial charge < -0.3 is 24.8 Å². The van der Waals surface area contributed by atoms with Crippen LogP contribution in [0.2, 0.25) is 0 Å². The van der Waals surface area contributed by atoms with Crippen LogP contribution in [0.3, 0.4) is 0 Å². The lowest BCUT2D eigenvalue weighted by Gasteiger charge is -2.38. The van der Waals surface area contributed by atoms with Gasteiger partial charge in [0.2, 0.25) is 15.9 Å². The van der Waals surface area contributed by atoms with E-state index in [0.29, 0.717) is 24.2 Å². The van der Waals surface area contributed by atoms with Crippen molar-refractivity contribution in [3.8, 4) is 0 Å². The Bertz CT molecular complexity index is 2030. The number of ether oxygens (including phenoxy) is 2. The zero-order chi connectivity index (χ0) is 37.2. The smallest absolute Gasteiger partial charge is 0.242 e. The zero-order valence-electron chi connectivity index (χ0n) is 30.0. The Kier molecular flexibility index (Phi) is 12.8. The lowest BCUT2D eigenvalue weighted by molar-refractivity contribution is -0.252. The number of carbonyl (C=O) groups is 1. The van der Waals surface area contributed by atoms with Crippen molar-refractivity contribution in [2.75, 3.05) is 25.5 Å². The molecule has 4 atom stereocenters. The van der Waals surface area contributed by atoms with E-state index in [-0.39, 0.29) is 30.1 Å². The molecule has 2 heterocycles. The van der Waals surface area contributed by atoms with Gasteiger partial charge in [0.05, 0.1) is 23.7 Å². The van der Waals surface area contributed by atoms with E-state index in [2.05, 4.69) is 27.0 Å². The number of likely N-dealkylation sites (N-methyl/N-ethyl adjacent to an activating group) is 1. The number of nitrogens with zero attached hydrogens (tertiary/aromatic N) is 2. The number of pyridine rings is 1. The number of rotatable bonds is 15. The van der Waals surface area contributed by atoms with Crippen molar-refractivity contribution in [1.29, 1.82) is 0 Å². The van der Waals surface area contributed by atoms with Crippen LogP contribution >= 0.6 is 0 Å². The number of carbonyl (C=O) groups excluding carboxylic acids is 1. The van der Waals surface area contributed by atoms with Gasteiger partial charge in [-0.25, -0.2) is 8.42 Å². The third kappa shape index (κ3) is 10.7. The molecule has 5 aromatic rings. The van der Waals surface area contributed by atoms with Crippen LogP contribution in [-0.2, 0) is 43.7 Å². The normalized spacial score (nSPS) is 18.1. The minimum absolute atomic E-state index is 0.0423. The lowest BCUT2D eigenvalue weighted by atomic mass is 9.99. The number of anilines is 1. The van der Waals surface area contributed by atoms with Crippen molar-refractivity contribution in [2.45, 2.75) is 62.2 Å². The Hall–Kier alpha value is -4.75. The van der Waals surface area contributed by atoms with Gasteiger partial charge in [0.15, 0.2) is 6.29 Å². The number of hydrogen-bond donors (Lipinski definition) is 3. The second-order valence-corrected chi connectivity index (χ2v) is 15.2. The predicted molar refractivity (Wildman–Crippen MR) is 204 cm³/mol. The predicted octanol–water partition coefficient (Wildman–Crippen LogP) is 6.13. The molecule has 10 nitrogen and oxygen atoms in total. The summed E-state index contributed by atoms with van der Waals surface area (Å²) in [5, 5.41) is 12.5. The summed E-state index contributed by atoms with van der Waals surface area (Å²) < 4.78 is 42.6. The first kappa shape index (κ1) is 38.0. The Morgan fingerprint density at radius 2 is 1.64 bits per heavy atom. The maximum Gasteiger partial charge on any atom is 0.242 e. The van der Waals surface area contributed by atoms with Gasteiger partial charge in [0, 0.05) is 49.1 Å². The van der Waals surface area contributed by atoms with Crippen LogP contribution in [0, 0.1) is 6.92 Å². The number of aromatic nitrogens is 1. The molecule has 11 heteroatoms. The van der Waals surface area contributed by atoms with Crippen molar-refractivity contribution in [2.24, 2.45) is 0 Å². The van der Waals surface area contributed by atoms with E-state index >= 15 is 0 Å². The third-order valence-electron chi connectivity index (χ3n) is 9.26. The van der Waals surface area contributed by atoms with Gasteiger partial charge in [-0.05, 0) is 73.5 Å². The Labute approximate surface area is 311 Å². The van der Waals surface area contributed by atoms with Gasteiger partial charge >= 0.3 is 0 Å². The number of aryl methyl sites for hydroxylation is 1. The van der Waals surface area contributed by atoms with Crippen LogP contribution in [0.4, 0.5) is 5.69 Å². The van der Waals surface area contributed by atoms with E-state index in [1.807, 2.05) is 91.9 Å². The highest BCUT2D eigenvalue weighted by atomic mass is 32.2. The van der Waals surface area contributed by atoms with Crippen LogP contribution < -0.4 is 10.0 Å². The van der Waals surface area contributed by atoms with E-state index in [9.17, 15) is 18.3 Å². The Morgan fingerprint density at radius 3 is 2.36 bits per heavy atom. The molecule has 276 valence electrons. The van der Waals surface area contributed by atoms with Crippen LogP contribution in [0.15, 0.2) is 132 Å². The first-order valence-electron chi connectivity index (χ1n) is 17.8. The molecule has 4 aromatic carbocycles. The van der Waals surface area contributed by atoms with Crippen molar-refractivity contribution in [1.82, 2.24) is 14.6 Å². The first-order chi connectivity index (χ1) is 25.6. The summed E-state index contributed by atoms with van der Waals surface area (Å²) in [5.74, 6) is -0.499. The quantitative estimate of drug-likeness (QED) is 0.117. The molecule has 1 amide bonds.